The van der Waals surface area contributed by atoms with E-state index in [-0.39, 0.29) is 17.2 Å². The first-order chi connectivity index (χ1) is 9.86. The smallest absolute Gasteiger partial charge is 0.333 e. The minimum absolute atomic E-state index is 0.0952. The fourth-order valence-corrected chi connectivity index (χ4v) is 1.79. The van der Waals surface area contributed by atoms with Gasteiger partial charge in [0.2, 0.25) is 5.88 Å². The largest absolute Gasteiger partial charge is 0.439 e. The van der Waals surface area contributed by atoms with Crippen molar-refractivity contribution in [3.63, 3.8) is 0 Å². The van der Waals surface area contributed by atoms with E-state index in [0.29, 0.717) is 5.56 Å². The number of nitrogens with zero attached hydrogens (tertiary/aromatic N) is 3. The summed E-state index contributed by atoms with van der Waals surface area (Å²) in [5, 5.41) is 9.08. The van der Waals surface area contributed by atoms with Crippen molar-refractivity contribution in [3.05, 3.63) is 56.0 Å². The Morgan fingerprint density at radius 2 is 1.90 bits per heavy atom. The summed E-state index contributed by atoms with van der Waals surface area (Å²) in [6.07, 6.45) is 0. The van der Waals surface area contributed by atoms with Gasteiger partial charge in [0.25, 0.3) is 5.56 Å². The zero-order valence-electron chi connectivity index (χ0n) is 11.7. The number of aryl methyl sites for hydroxylation is 1. The summed E-state index contributed by atoms with van der Waals surface area (Å²) < 4.78 is 20.7. The summed E-state index contributed by atoms with van der Waals surface area (Å²) >= 11 is 0. The molecule has 0 N–H and O–H groups in total. The number of nitriles is 1. The van der Waals surface area contributed by atoms with Crippen LogP contribution in [0.3, 0.4) is 0 Å². The third kappa shape index (κ3) is 2.43. The Kier molecular flexibility index (Phi) is 3.63. The fraction of sp³-hybridized carbons (Fsp3) is 0.214. The van der Waals surface area contributed by atoms with Gasteiger partial charge in [-0.2, -0.15) is 5.26 Å². The molecule has 2 aromatic rings. The molecule has 0 bridgehead atoms. The van der Waals surface area contributed by atoms with Crippen molar-refractivity contribution in [2.75, 3.05) is 0 Å². The highest BCUT2D eigenvalue weighted by Crippen LogP contribution is 2.23. The molecule has 2 rings (SSSR count). The maximum absolute atomic E-state index is 13.5. The van der Waals surface area contributed by atoms with Crippen LogP contribution in [0.15, 0.2) is 27.8 Å². The first kappa shape index (κ1) is 14.5. The van der Waals surface area contributed by atoms with Crippen LogP contribution in [0.2, 0.25) is 0 Å². The number of halogens is 1. The van der Waals surface area contributed by atoms with Gasteiger partial charge in [0.15, 0.2) is 5.56 Å². The van der Waals surface area contributed by atoms with Crippen LogP contribution >= 0.6 is 0 Å². The molecule has 1 aromatic heterocycles. The molecule has 0 unspecified atom stereocenters. The van der Waals surface area contributed by atoms with Crippen molar-refractivity contribution in [3.8, 4) is 17.7 Å². The summed E-state index contributed by atoms with van der Waals surface area (Å²) in [6.45, 7) is 1.59. The number of benzene rings is 1. The molecule has 0 saturated heterocycles. The Bertz CT molecular complexity index is 875. The van der Waals surface area contributed by atoms with Crippen molar-refractivity contribution >= 4 is 0 Å². The average Bonchev–Trinajstić information content (AvgIpc) is 2.46. The minimum atomic E-state index is -0.761. The van der Waals surface area contributed by atoms with Gasteiger partial charge in [-0.05, 0) is 18.6 Å². The Hall–Kier alpha value is -2.88. The van der Waals surface area contributed by atoms with Gasteiger partial charge >= 0.3 is 5.69 Å². The van der Waals surface area contributed by atoms with Crippen molar-refractivity contribution < 1.29 is 9.13 Å². The standard InChI is InChI=1S/C14H12FN3O3/c1-8-4-5-9(6-11(8)15)21-13-10(7-16)12(19)17(2)14(20)18(13)3/h4-6H,1-3H3. The maximum atomic E-state index is 13.5. The lowest BCUT2D eigenvalue weighted by Gasteiger charge is -2.12. The van der Waals surface area contributed by atoms with Crippen LogP contribution in [-0.2, 0) is 14.1 Å². The Morgan fingerprint density at radius 3 is 2.48 bits per heavy atom. The van der Waals surface area contributed by atoms with Gasteiger partial charge in [-0.1, -0.05) is 6.07 Å². The van der Waals surface area contributed by atoms with Crippen LogP contribution in [0.5, 0.6) is 11.6 Å². The van der Waals surface area contributed by atoms with Crippen molar-refractivity contribution in [1.82, 2.24) is 9.13 Å². The fourth-order valence-electron chi connectivity index (χ4n) is 1.79. The third-order valence-electron chi connectivity index (χ3n) is 3.08. The highest BCUT2D eigenvalue weighted by molar-refractivity contribution is 5.40. The van der Waals surface area contributed by atoms with Gasteiger partial charge in [-0.3, -0.25) is 13.9 Å². The lowest BCUT2D eigenvalue weighted by molar-refractivity contribution is 0.418. The van der Waals surface area contributed by atoms with Gasteiger partial charge < -0.3 is 4.74 Å². The predicted octanol–water partition coefficient (Wildman–Crippen LogP) is 1.20. The number of ether oxygens (including phenoxy) is 1. The molecule has 0 spiro atoms. The van der Waals surface area contributed by atoms with Crippen molar-refractivity contribution in [2.24, 2.45) is 14.1 Å². The van der Waals surface area contributed by atoms with E-state index in [4.69, 9.17) is 10.00 Å². The lowest BCUT2D eigenvalue weighted by Crippen LogP contribution is -2.38. The summed E-state index contributed by atoms with van der Waals surface area (Å²) in [6, 6.07) is 5.81. The summed E-state index contributed by atoms with van der Waals surface area (Å²) in [7, 11) is 2.63. The van der Waals surface area contributed by atoms with Gasteiger partial charge in [0.1, 0.15) is 17.6 Å². The Balaban J connectivity index is 2.65. The van der Waals surface area contributed by atoms with Crippen LogP contribution in [0.4, 0.5) is 4.39 Å². The van der Waals surface area contributed by atoms with Crippen molar-refractivity contribution in [1.29, 1.82) is 5.26 Å². The van der Waals surface area contributed by atoms with E-state index in [1.54, 1.807) is 13.0 Å². The summed E-state index contributed by atoms with van der Waals surface area (Å²) in [5.74, 6) is -0.605. The molecule has 0 saturated carbocycles. The molecule has 0 fully saturated rings. The molecule has 0 atom stereocenters. The van der Waals surface area contributed by atoms with E-state index >= 15 is 0 Å². The topological polar surface area (TPSA) is 77.0 Å². The second kappa shape index (κ2) is 5.25. The van der Waals surface area contributed by atoms with E-state index in [1.807, 2.05) is 0 Å². The highest BCUT2D eigenvalue weighted by Gasteiger charge is 2.17. The summed E-state index contributed by atoms with van der Waals surface area (Å²) in [5.41, 5.74) is -1.29. The van der Waals surface area contributed by atoms with Crippen LogP contribution in [0.25, 0.3) is 0 Å². The van der Waals surface area contributed by atoms with Crippen LogP contribution < -0.4 is 16.0 Å². The number of hydrogen-bond donors (Lipinski definition) is 0. The van der Waals surface area contributed by atoms with Crippen molar-refractivity contribution in [2.45, 2.75) is 6.92 Å². The van der Waals surface area contributed by atoms with Gasteiger partial charge in [-0.15, -0.1) is 0 Å². The van der Waals surface area contributed by atoms with Gasteiger partial charge in [0, 0.05) is 20.2 Å². The van der Waals surface area contributed by atoms with E-state index in [2.05, 4.69) is 0 Å². The van der Waals surface area contributed by atoms with Crippen LogP contribution in [-0.4, -0.2) is 9.13 Å². The van der Waals surface area contributed by atoms with E-state index in [0.717, 1.165) is 15.2 Å². The number of aromatic nitrogens is 2. The average molecular weight is 289 g/mol. The van der Waals surface area contributed by atoms with Gasteiger partial charge in [0.05, 0.1) is 0 Å². The molecular weight excluding hydrogens is 277 g/mol. The molecule has 21 heavy (non-hydrogen) atoms. The van der Waals surface area contributed by atoms with Gasteiger partial charge in [-0.25, -0.2) is 9.18 Å². The molecule has 0 amide bonds. The van der Waals surface area contributed by atoms with E-state index in [9.17, 15) is 14.0 Å². The normalized spacial score (nSPS) is 10.2. The SMILES string of the molecule is Cc1ccc(Oc2c(C#N)c(=O)n(C)c(=O)n2C)cc1F. The third-order valence-corrected chi connectivity index (χ3v) is 3.08. The second-order valence-corrected chi connectivity index (χ2v) is 4.51. The zero-order chi connectivity index (χ0) is 15.7. The lowest BCUT2D eigenvalue weighted by atomic mass is 10.2. The predicted molar refractivity (Wildman–Crippen MR) is 72.9 cm³/mol. The first-order valence-corrected chi connectivity index (χ1v) is 6.01. The molecule has 6 nitrogen and oxygen atoms in total. The quantitative estimate of drug-likeness (QED) is 0.832. The molecular formula is C14H12FN3O3. The van der Waals surface area contributed by atoms with Crippen LogP contribution in [0, 0.1) is 24.1 Å². The monoisotopic (exact) mass is 289 g/mol. The molecule has 0 radical (unpaired) electrons. The molecule has 0 aliphatic carbocycles. The molecule has 0 aliphatic rings. The summed E-state index contributed by atoms with van der Waals surface area (Å²) in [4.78, 5) is 23.7. The van der Waals surface area contributed by atoms with E-state index < -0.39 is 17.1 Å². The maximum Gasteiger partial charge on any atom is 0.333 e. The number of rotatable bonds is 2. The highest BCUT2D eigenvalue weighted by atomic mass is 19.1. The molecule has 1 heterocycles. The van der Waals surface area contributed by atoms with E-state index in [1.165, 1.54) is 26.2 Å². The molecule has 0 aliphatic heterocycles. The minimum Gasteiger partial charge on any atom is -0.439 e. The molecule has 7 heteroatoms. The van der Waals surface area contributed by atoms with Crippen LogP contribution in [0.1, 0.15) is 11.1 Å². The number of hydrogen-bond acceptors (Lipinski definition) is 4. The first-order valence-electron chi connectivity index (χ1n) is 6.01. The molecule has 108 valence electrons. The second-order valence-electron chi connectivity index (χ2n) is 4.51. The Labute approximate surface area is 119 Å². The Morgan fingerprint density at radius 1 is 1.24 bits per heavy atom. The zero-order valence-corrected chi connectivity index (χ0v) is 11.7. The molecule has 1 aromatic carbocycles.